The number of rotatable bonds is 2. The number of hydrogen-bond acceptors (Lipinski definition) is 0. The minimum atomic E-state index is -4.46. The maximum absolute atomic E-state index is 11.8. The Morgan fingerprint density at radius 1 is 1.09 bits per heavy atom. The predicted octanol–water partition coefficient (Wildman–Crippen LogP) is 2.32. The highest BCUT2D eigenvalue weighted by molar-refractivity contribution is 6.42. The lowest BCUT2D eigenvalue weighted by atomic mass is 10.4. The van der Waals surface area contributed by atoms with Crippen LogP contribution in [0.15, 0.2) is 0 Å². The molecule has 0 atom stereocenters. The molecule has 0 aliphatic rings. The number of halogens is 6. The molecule has 0 saturated carbocycles. The van der Waals surface area contributed by atoms with Gasteiger partial charge in [0.2, 0.25) is 0 Å². The molecule has 64 valence electrons. The molecular weight excluding hydrogens is 211 g/mol. The van der Waals surface area contributed by atoms with Gasteiger partial charge in [-0.1, -0.05) is 0 Å². The molecule has 0 N–H and O–H groups in total. The molecule has 0 saturated heterocycles. The van der Waals surface area contributed by atoms with Crippen molar-refractivity contribution in [1.82, 2.24) is 0 Å². The summed E-state index contributed by atoms with van der Waals surface area (Å²) in [6, 6.07) is 0. The molecule has 0 unspecified atom stereocenters. The first-order valence-corrected chi connectivity index (χ1v) is 2.81. The van der Waals surface area contributed by atoms with E-state index < -0.39 is 16.5 Å². The highest BCUT2D eigenvalue weighted by atomic mass is 35.5. The quantitative estimate of drug-likeness (QED) is 0.221. The van der Waals surface area contributed by atoms with Crippen LogP contribution in [0, 0.1) is 0 Å². The van der Waals surface area contributed by atoms with E-state index in [-0.39, 0.29) is 0 Å². The van der Waals surface area contributed by atoms with E-state index in [0.29, 0.717) is 0 Å². The van der Waals surface area contributed by atoms with Crippen LogP contribution in [0.25, 0.3) is 5.53 Å². The molecule has 0 radical (unpaired) electrons. The molecule has 2 nitrogen and oxygen atoms in total. The van der Waals surface area contributed by atoms with Crippen LogP contribution in [0.4, 0.5) is 17.6 Å². The molecule has 0 aromatic heterocycles. The van der Waals surface area contributed by atoms with Crippen molar-refractivity contribution in [3.63, 3.8) is 0 Å². The van der Waals surface area contributed by atoms with Gasteiger partial charge < -0.3 is 5.53 Å². The predicted molar refractivity (Wildman–Crippen MR) is 30.2 cm³/mol. The van der Waals surface area contributed by atoms with Crippen molar-refractivity contribution in [3.8, 4) is 0 Å². The third-order valence-electron chi connectivity index (χ3n) is 0.637. The molecular formula is C3Cl2F4N2. The summed E-state index contributed by atoms with van der Waals surface area (Å²) >= 11 is 8.19. The molecule has 0 bridgehead atoms. The first-order valence-electron chi connectivity index (χ1n) is 2.06. The molecule has 0 aromatic carbocycles. The van der Waals surface area contributed by atoms with Gasteiger partial charge >= 0.3 is 16.5 Å². The minimum absolute atomic E-state index is 1.58. The topological polar surface area (TPSA) is 36.4 Å². The summed E-state index contributed by atoms with van der Waals surface area (Å²) in [5.74, 6) is 0. The summed E-state index contributed by atoms with van der Waals surface area (Å²) in [4.78, 5) is 1.58. The molecule has 0 amide bonds. The van der Waals surface area contributed by atoms with Gasteiger partial charge in [0.1, 0.15) is 0 Å². The summed E-state index contributed by atoms with van der Waals surface area (Å²) in [6.07, 6.45) is 0. The van der Waals surface area contributed by atoms with E-state index >= 15 is 0 Å². The van der Waals surface area contributed by atoms with Gasteiger partial charge in [-0.2, -0.15) is 22.4 Å². The van der Waals surface area contributed by atoms with E-state index in [1.165, 1.54) is 0 Å². The summed E-state index contributed by atoms with van der Waals surface area (Å²) < 4.78 is 47.2. The highest BCUT2D eigenvalue weighted by Crippen LogP contribution is 2.32. The van der Waals surface area contributed by atoms with Crippen LogP contribution >= 0.6 is 23.2 Å². The molecule has 11 heavy (non-hydrogen) atoms. The lowest BCUT2D eigenvalue weighted by molar-refractivity contribution is -0.0599. The molecule has 0 aliphatic carbocycles. The van der Waals surface area contributed by atoms with Crippen LogP contribution in [-0.2, 0) is 0 Å². The fourth-order valence-corrected chi connectivity index (χ4v) is 0.635. The Hall–Kier alpha value is -0.320. The van der Waals surface area contributed by atoms with E-state index in [1.54, 1.807) is 4.79 Å². The number of alkyl halides is 6. The Morgan fingerprint density at radius 3 is 1.36 bits per heavy atom. The normalized spacial score (nSPS) is 12.5. The average molecular weight is 211 g/mol. The average Bonchev–Trinajstić information content (AvgIpc) is 1.56. The van der Waals surface area contributed by atoms with E-state index in [9.17, 15) is 17.6 Å². The number of hydrogen-bond donors (Lipinski definition) is 0. The van der Waals surface area contributed by atoms with Gasteiger partial charge in [0.15, 0.2) is 0 Å². The smallest absolute Gasteiger partial charge is 0.361 e. The van der Waals surface area contributed by atoms with E-state index in [0.717, 1.165) is 0 Å². The van der Waals surface area contributed by atoms with Crippen LogP contribution in [-0.4, -0.2) is 21.3 Å². The number of nitrogens with zero attached hydrogens (tertiary/aromatic N) is 2. The van der Waals surface area contributed by atoms with Gasteiger partial charge in [-0.25, -0.2) is 0 Å². The molecule has 0 fully saturated rings. The largest absolute Gasteiger partial charge is 0.438 e. The molecule has 0 heterocycles. The summed E-state index contributed by atoms with van der Waals surface area (Å²) in [5, 5.41) is -8.92. The van der Waals surface area contributed by atoms with E-state index in [1.807, 2.05) is 0 Å². The van der Waals surface area contributed by atoms with Crippen LogP contribution in [0.1, 0.15) is 0 Å². The summed E-state index contributed by atoms with van der Waals surface area (Å²) in [6.45, 7) is 0. The molecule has 0 aliphatic heterocycles. The van der Waals surface area contributed by atoms with Crippen LogP contribution in [0.5, 0.6) is 0 Å². The summed E-state index contributed by atoms with van der Waals surface area (Å²) in [5.41, 5.74) is 5.36. The van der Waals surface area contributed by atoms with Crippen molar-refractivity contribution in [1.29, 1.82) is 0 Å². The Labute approximate surface area is 68.3 Å². The standard InChI is InChI=1S/C3Cl2F4N2/c4-2(6,7)1(11-10)3(5,8)9. The summed E-state index contributed by atoms with van der Waals surface area (Å²) in [7, 11) is 0. The zero-order valence-corrected chi connectivity index (χ0v) is 6.17. The van der Waals surface area contributed by atoms with E-state index in [4.69, 9.17) is 5.53 Å². The van der Waals surface area contributed by atoms with Crippen LogP contribution in [0.2, 0.25) is 0 Å². The second-order valence-corrected chi connectivity index (χ2v) is 2.39. The second-order valence-electron chi connectivity index (χ2n) is 1.44. The first kappa shape index (κ1) is 10.7. The zero-order chi connectivity index (χ0) is 9.28. The maximum Gasteiger partial charge on any atom is 0.438 e. The Balaban J connectivity index is 4.90. The maximum atomic E-state index is 11.8. The van der Waals surface area contributed by atoms with Gasteiger partial charge in [-0.3, -0.25) is 0 Å². The fourth-order valence-electron chi connectivity index (χ4n) is 0.274. The van der Waals surface area contributed by atoms with Crippen molar-refractivity contribution in [2.24, 2.45) is 0 Å². The molecule has 0 spiro atoms. The van der Waals surface area contributed by atoms with Gasteiger partial charge in [-0.05, 0) is 23.2 Å². The van der Waals surface area contributed by atoms with Gasteiger partial charge in [0.05, 0.1) is 0 Å². The van der Waals surface area contributed by atoms with Crippen molar-refractivity contribution < 1.29 is 22.4 Å². The second kappa shape index (κ2) is 2.97. The van der Waals surface area contributed by atoms with Crippen LogP contribution in [0.3, 0.4) is 0 Å². The lowest BCUT2D eigenvalue weighted by Crippen LogP contribution is -2.36. The third kappa shape index (κ3) is 3.05. The minimum Gasteiger partial charge on any atom is -0.361 e. The lowest BCUT2D eigenvalue weighted by Gasteiger charge is -2.05. The monoisotopic (exact) mass is 210 g/mol. The van der Waals surface area contributed by atoms with Crippen molar-refractivity contribution in [2.45, 2.75) is 10.8 Å². The Kier molecular flexibility index (Phi) is 2.88. The van der Waals surface area contributed by atoms with Crippen molar-refractivity contribution >= 4 is 28.9 Å². The Bertz CT molecular complexity index is 182. The van der Waals surface area contributed by atoms with Gasteiger partial charge in [0.25, 0.3) is 0 Å². The zero-order valence-electron chi connectivity index (χ0n) is 4.66. The fraction of sp³-hybridized carbons (Fsp3) is 0.667. The Morgan fingerprint density at radius 2 is 1.36 bits per heavy atom. The molecule has 8 heteroatoms. The van der Waals surface area contributed by atoms with Crippen molar-refractivity contribution in [3.05, 3.63) is 5.53 Å². The van der Waals surface area contributed by atoms with Crippen LogP contribution < -0.4 is 0 Å². The van der Waals surface area contributed by atoms with Crippen molar-refractivity contribution in [2.75, 3.05) is 0 Å². The molecule has 0 rings (SSSR count). The SMILES string of the molecule is [N-]=[N+]=C(C(F)(F)Cl)C(F)(F)Cl. The van der Waals surface area contributed by atoms with E-state index in [2.05, 4.69) is 23.2 Å². The third-order valence-corrected chi connectivity index (χ3v) is 0.995. The first-order chi connectivity index (χ1) is 4.69. The van der Waals surface area contributed by atoms with Gasteiger partial charge in [0, 0.05) is 0 Å². The molecule has 0 aromatic rings. The highest BCUT2D eigenvalue weighted by Gasteiger charge is 2.57. The van der Waals surface area contributed by atoms with Gasteiger partial charge in [-0.15, -0.1) is 0 Å².